The molecule has 6 nitrogen and oxygen atoms in total. The molecule has 6 heteroatoms. The molecule has 1 fully saturated rings. The summed E-state index contributed by atoms with van der Waals surface area (Å²) >= 11 is 0. The van der Waals surface area contributed by atoms with Crippen molar-refractivity contribution in [2.24, 2.45) is 0 Å². The smallest absolute Gasteiger partial charge is 0.410 e. The summed E-state index contributed by atoms with van der Waals surface area (Å²) in [6, 6.07) is 8.48. The number of aliphatic hydroxyl groups excluding tert-OH is 1. The number of likely N-dealkylation sites (tertiary alicyclic amines) is 1. The second-order valence-corrected chi connectivity index (χ2v) is 5.58. The summed E-state index contributed by atoms with van der Waals surface area (Å²) in [5.74, 6) is -0.511. The van der Waals surface area contributed by atoms with Crippen molar-refractivity contribution in [3.63, 3.8) is 0 Å². The van der Waals surface area contributed by atoms with Crippen molar-refractivity contribution < 1.29 is 24.2 Å². The van der Waals surface area contributed by atoms with E-state index >= 15 is 0 Å². The summed E-state index contributed by atoms with van der Waals surface area (Å²) in [7, 11) is 0. The third kappa shape index (κ3) is 4.21. The molecule has 1 aliphatic heterocycles. The van der Waals surface area contributed by atoms with Crippen molar-refractivity contribution in [3.8, 4) is 0 Å². The summed E-state index contributed by atoms with van der Waals surface area (Å²) in [6.07, 6.45) is -1.46. The van der Waals surface area contributed by atoms with E-state index < -0.39 is 24.2 Å². The zero-order valence-electron chi connectivity index (χ0n) is 12.8. The van der Waals surface area contributed by atoms with Crippen LogP contribution in [0.5, 0.6) is 0 Å². The minimum atomic E-state index is -0.791. The molecular weight excluding hydrogens is 286 g/mol. The number of hydrogen-bond acceptors (Lipinski definition) is 5. The quantitative estimate of drug-likeness (QED) is 0.857. The molecule has 1 aromatic rings. The van der Waals surface area contributed by atoms with Crippen LogP contribution in [0.4, 0.5) is 4.79 Å². The number of ether oxygens (including phenoxy) is 2. The second kappa shape index (κ2) is 7.26. The number of aliphatic hydroxyl groups is 1. The lowest BCUT2D eigenvalue weighted by Gasteiger charge is -2.23. The van der Waals surface area contributed by atoms with Crippen LogP contribution in [0.25, 0.3) is 0 Å². The van der Waals surface area contributed by atoms with Gasteiger partial charge in [0.1, 0.15) is 12.6 Å². The highest BCUT2D eigenvalue weighted by atomic mass is 16.6. The molecule has 0 spiro atoms. The highest BCUT2D eigenvalue weighted by Gasteiger charge is 2.41. The van der Waals surface area contributed by atoms with E-state index in [0.717, 1.165) is 5.56 Å². The number of nitrogens with zero attached hydrogens (tertiary/aromatic N) is 1. The van der Waals surface area contributed by atoms with Crippen molar-refractivity contribution in [2.75, 3.05) is 6.54 Å². The van der Waals surface area contributed by atoms with Crippen molar-refractivity contribution in [1.82, 2.24) is 4.90 Å². The molecule has 2 rings (SSSR count). The van der Waals surface area contributed by atoms with Crippen LogP contribution in [0.1, 0.15) is 25.8 Å². The Hall–Kier alpha value is -2.08. The lowest BCUT2D eigenvalue weighted by molar-refractivity contribution is -0.152. The molecule has 0 unspecified atom stereocenters. The molecule has 1 amide bonds. The SMILES string of the molecule is CC(C)OC(=O)[C@@H]1C[C@@H](O)CN1C(=O)OCc1ccccc1. The van der Waals surface area contributed by atoms with Gasteiger partial charge < -0.3 is 14.6 Å². The Morgan fingerprint density at radius 3 is 2.64 bits per heavy atom. The first-order chi connectivity index (χ1) is 10.5. The van der Waals surface area contributed by atoms with Gasteiger partial charge in [0.2, 0.25) is 0 Å². The van der Waals surface area contributed by atoms with Gasteiger partial charge in [-0.25, -0.2) is 9.59 Å². The molecule has 22 heavy (non-hydrogen) atoms. The van der Waals surface area contributed by atoms with E-state index in [2.05, 4.69) is 0 Å². The first-order valence-corrected chi connectivity index (χ1v) is 7.33. The predicted octanol–water partition coefficient (Wildman–Crippen LogP) is 1.71. The molecule has 1 aliphatic rings. The maximum atomic E-state index is 12.1. The van der Waals surface area contributed by atoms with Gasteiger partial charge in [0.25, 0.3) is 0 Å². The van der Waals surface area contributed by atoms with Crippen molar-refractivity contribution in [1.29, 1.82) is 0 Å². The van der Waals surface area contributed by atoms with Gasteiger partial charge in [-0.15, -0.1) is 0 Å². The van der Waals surface area contributed by atoms with Crippen LogP contribution in [0.15, 0.2) is 30.3 Å². The average Bonchev–Trinajstić information content (AvgIpc) is 2.87. The fraction of sp³-hybridized carbons (Fsp3) is 0.500. The van der Waals surface area contributed by atoms with Gasteiger partial charge in [0.05, 0.1) is 18.8 Å². The third-order valence-electron chi connectivity index (χ3n) is 3.34. The van der Waals surface area contributed by atoms with Gasteiger partial charge in [0.15, 0.2) is 0 Å². The summed E-state index contributed by atoms with van der Waals surface area (Å²) in [5, 5.41) is 9.73. The molecule has 0 bridgehead atoms. The molecule has 0 aromatic heterocycles. The van der Waals surface area contributed by atoms with Crippen molar-refractivity contribution in [2.45, 2.75) is 45.1 Å². The largest absolute Gasteiger partial charge is 0.461 e. The Morgan fingerprint density at radius 1 is 1.32 bits per heavy atom. The van der Waals surface area contributed by atoms with Gasteiger partial charge in [-0.05, 0) is 19.4 Å². The predicted molar refractivity (Wildman–Crippen MR) is 79.0 cm³/mol. The van der Waals surface area contributed by atoms with Crippen molar-refractivity contribution >= 4 is 12.1 Å². The second-order valence-electron chi connectivity index (χ2n) is 5.58. The molecule has 1 N–H and O–H groups in total. The van der Waals surface area contributed by atoms with Gasteiger partial charge in [-0.2, -0.15) is 0 Å². The van der Waals surface area contributed by atoms with E-state index in [0.29, 0.717) is 0 Å². The third-order valence-corrected chi connectivity index (χ3v) is 3.34. The highest BCUT2D eigenvalue weighted by molar-refractivity contribution is 5.82. The van der Waals surface area contributed by atoms with Crippen LogP contribution in [-0.4, -0.2) is 46.9 Å². The molecule has 120 valence electrons. The van der Waals surface area contributed by atoms with Crippen LogP contribution in [0, 0.1) is 0 Å². The lowest BCUT2D eigenvalue weighted by Crippen LogP contribution is -2.42. The molecular formula is C16H21NO5. The summed E-state index contributed by atoms with van der Waals surface area (Å²) in [4.78, 5) is 25.4. The maximum absolute atomic E-state index is 12.1. The number of carbonyl (C=O) groups is 2. The van der Waals surface area contributed by atoms with Crippen LogP contribution in [0.3, 0.4) is 0 Å². The average molecular weight is 307 g/mol. The lowest BCUT2D eigenvalue weighted by atomic mass is 10.2. The van der Waals surface area contributed by atoms with E-state index in [9.17, 15) is 14.7 Å². The van der Waals surface area contributed by atoms with Crippen LogP contribution < -0.4 is 0 Å². The standard InChI is InChI=1S/C16H21NO5/c1-11(2)22-15(19)14-8-13(18)9-17(14)16(20)21-10-12-6-4-3-5-7-12/h3-7,11,13-14,18H,8-10H2,1-2H3/t13-,14+/m1/s1. The molecule has 1 aromatic carbocycles. The van der Waals surface area contributed by atoms with E-state index in [1.165, 1.54) is 4.90 Å². The normalized spacial score (nSPS) is 21.0. The fourth-order valence-corrected chi connectivity index (χ4v) is 2.35. The minimum absolute atomic E-state index is 0.0749. The Balaban J connectivity index is 1.95. The summed E-state index contributed by atoms with van der Waals surface area (Å²) < 4.78 is 10.3. The van der Waals surface area contributed by atoms with E-state index in [4.69, 9.17) is 9.47 Å². The molecule has 0 aliphatic carbocycles. The van der Waals surface area contributed by atoms with E-state index in [1.54, 1.807) is 13.8 Å². The van der Waals surface area contributed by atoms with E-state index in [1.807, 2.05) is 30.3 Å². The number of rotatable bonds is 4. The number of benzene rings is 1. The van der Waals surface area contributed by atoms with Crippen LogP contribution >= 0.6 is 0 Å². The van der Waals surface area contributed by atoms with Gasteiger partial charge >= 0.3 is 12.1 Å². The zero-order valence-corrected chi connectivity index (χ0v) is 12.8. The molecule has 2 atom stereocenters. The summed E-state index contributed by atoms with van der Waals surface area (Å²) in [6.45, 7) is 3.67. The number of amides is 1. The first kappa shape index (κ1) is 16.3. The fourth-order valence-electron chi connectivity index (χ4n) is 2.35. The Morgan fingerprint density at radius 2 is 2.00 bits per heavy atom. The number of β-amino-alcohol motifs (C(OH)–C–C–N with tert-alkyl or cyclic N) is 1. The highest BCUT2D eigenvalue weighted by Crippen LogP contribution is 2.21. The Kier molecular flexibility index (Phi) is 5.38. The maximum Gasteiger partial charge on any atom is 0.410 e. The molecule has 0 saturated carbocycles. The topological polar surface area (TPSA) is 76.1 Å². The molecule has 1 heterocycles. The Bertz CT molecular complexity index is 517. The van der Waals surface area contributed by atoms with Gasteiger partial charge in [-0.3, -0.25) is 4.90 Å². The zero-order chi connectivity index (χ0) is 16.1. The molecule has 1 saturated heterocycles. The number of hydrogen-bond donors (Lipinski definition) is 1. The van der Waals surface area contributed by atoms with Crippen LogP contribution in [0.2, 0.25) is 0 Å². The van der Waals surface area contributed by atoms with Crippen molar-refractivity contribution in [3.05, 3.63) is 35.9 Å². The summed E-state index contributed by atoms with van der Waals surface area (Å²) in [5.41, 5.74) is 0.858. The monoisotopic (exact) mass is 307 g/mol. The minimum Gasteiger partial charge on any atom is -0.461 e. The van der Waals surface area contributed by atoms with Crippen LogP contribution in [-0.2, 0) is 20.9 Å². The van der Waals surface area contributed by atoms with Gasteiger partial charge in [-0.1, -0.05) is 30.3 Å². The van der Waals surface area contributed by atoms with E-state index in [-0.39, 0.29) is 25.7 Å². The number of esters is 1. The van der Waals surface area contributed by atoms with Gasteiger partial charge in [0, 0.05) is 6.42 Å². The Labute approximate surface area is 129 Å². The first-order valence-electron chi connectivity index (χ1n) is 7.33. The number of carbonyl (C=O) groups excluding carboxylic acids is 2. The molecule has 0 radical (unpaired) electrons.